The van der Waals surface area contributed by atoms with Gasteiger partial charge in [0.05, 0.1) is 11.2 Å². The molecule has 0 aromatic carbocycles. The van der Waals surface area contributed by atoms with E-state index in [4.69, 9.17) is 5.73 Å². The number of H-pyrrole nitrogens is 1. The van der Waals surface area contributed by atoms with Crippen LogP contribution in [0.1, 0.15) is 25.0 Å². The largest absolute Gasteiger partial charge is 0.320 e. The van der Waals surface area contributed by atoms with Crippen molar-refractivity contribution in [2.75, 3.05) is 0 Å². The van der Waals surface area contributed by atoms with E-state index in [0.717, 1.165) is 30.4 Å². The molecule has 0 amide bonds. The third-order valence-electron chi connectivity index (χ3n) is 3.36. The number of nitrogens with one attached hydrogen (secondary N) is 1. The lowest BCUT2D eigenvalue weighted by molar-refractivity contribution is 0.399. The molecule has 3 heteroatoms. The molecular formula is C9H13N3. The summed E-state index contributed by atoms with van der Waals surface area (Å²) >= 11 is 0. The molecule has 2 saturated carbocycles. The van der Waals surface area contributed by atoms with Crippen molar-refractivity contribution in [3.05, 3.63) is 18.0 Å². The predicted octanol–water partition coefficient (Wildman–Crippen LogP) is 0.994. The summed E-state index contributed by atoms with van der Waals surface area (Å²) in [5.74, 6) is 1.83. The predicted molar refractivity (Wildman–Crippen MR) is 45.3 cm³/mol. The first-order chi connectivity index (χ1) is 5.78. The molecule has 1 aromatic heterocycles. The highest BCUT2D eigenvalue weighted by Gasteiger charge is 2.53. The number of nitrogens with zero attached hydrogens (tertiary/aromatic N) is 1. The molecule has 3 rings (SSSR count). The van der Waals surface area contributed by atoms with E-state index in [1.54, 1.807) is 6.20 Å². The van der Waals surface area contributed by atoms with Gasteiger partial charge in [0.1, 0.15) is 0 Å². The van der Waals surface area contributed by atoms with Gasteiger partial charge in [0.15, 0.2) is 0 Å². The van der Waals surface area contributed by atoms with Gasteiger partial charge in [-0.1, -0.05) is 0 Å². The Bertz CT molecular complexity index is 281. The smallest absolute Gasteiger partial charge is 0.0583 e. The summed E-state index contributed by atoms with van der Waals surface area (Å²) in [6.07, 6.45) is 5.50. The second kappa shape index (κ2) is 1.91. The van der Waals surface area contributed by atoms with Crippen LogP contribution in [-0.4, -0.2) is 10.2 Å². The van der Waals surface area contributed by atoms with Crippen LogP contribution in [0.25, 0.3) is 0 Å². The molecule has 64 valence electrons. The van der Waals surface area contributed by atoms with Gasteiger partial charge < -0.3 is 5.73 Å². The summed E-state index contributed by atoms with van der Waals surface area (Å²) in [5, 5.41) is 6.93. The Morgan fingerprint density at radius 1 is 1.50 bits per heavy atom. The third kappa shape index (κ3) is 0.771. The van der Waals surface area contributed by atoms with Gasteiger partial charge in [-0.3, -0.25) is 5.10 Å². The quantitative estimate of drug-likeness (QED) is 0.648. The number of fused-ring (bicyclic) bond motifs is 1. The highest BCUT2D eigenvalue weighted by Crippen LogP contribution is 2.57. The molecule has 3 nitrogen and oxygen atoms in total. The van der Waals surface area contributed by atoms with Crippen LogP contribution in [-0.2, 0) is 5.54 Å². The Morgan fingerprint density at radius 2 is 2.25 bits per heavy atom. The summed E-state index contributed by atoms with van der Waals surface area (Å²) in [5.41, 5.74) is 7.32. The molecule has 2 fully saturated rings. The van der Waals surface area contributed by atoms with Gasteiger partial charge in [-0.25, -0.2) is 0 Å². The number of hydrogen-bond acceptors (Lipinski definition) is 2. The fraction of sp³-hybridized carbons (Fsp3) is 0.667. The fourth-order valence-corrected chi connectivity index (χ4v) is 2.58. The minimum Gasteiger partial charge on any atom is -0.320 e. The first-order valence-electron chi connectivity index (χ1n) is 4.57. The van der Waals surface area contributed by atoms with E-state index in [9.17, 15) is 0 Å². The lowest BCUT2D eigenvalue weighted by atomic mass is 9.91. The molecule has 2 atom stereocenters. The van der Waals surface area contributed by atoms with E-state index in [1.165, 1.54) is 6.42 Å². The maximum atomic E-state index is 6.27. The molecule has 3 N–H and O–H groups in total. The maximum absolute atomic E-state index is 6.27. The van der Waals surface area contributed by atoms with E-state index >= 15 is 0 Å². The van der Waals surface area contributed by atoms with Gasteiger partial charge in [0.25, 0.3) is 0 Å². The highest BCUT2D eigenvalue weighted by molar-refractivity contribution is 5.19. The lowest BCUT2D eigenvalue weighted by Crippen LogP contribution is -2.35. The monoisotopic (exact) mass is 163 g/mol. The van der Waals surface area contributed by atoms with Gasteiger partial charge in [-0.2, -0.15) is 5.10 Å². The Morgan fingerprint density at radius 3 is 2.83 bits per heavy atom. The zero-order chi connectivity index (χ0) is 8.18. The third-order valence-corrected chi connectivity index (χ3v) is 3.36. The molecule has 1 heterocycles. The number of aromatic nitrogens is 2. The summed E-state index contributed by atoms with van der Waals surface area (Å²) in [6, 6.07) is 2.00. The number of hydrogen-bond donors (Lipinski definition) is 2. The second-order valence-corrected chi connectivity index (χ2v) is 4.29. The first kappa shape index (κ1) is 6.66. The second-order valence-electron chi connectivity index (χ2n) is 4.29. The van der Waals surface area contributed by atoms with E-state index < -0.39 is 0 Å². The summed E-state index contributed by atoms with van der Waals surface area (Å²) < 4.78 is 0. The van der Waals surface area contributed by atoms with Crippen LogP contribution in [0.2, 0.25) is 0 Å². The molecule has 0 saturated heterocycles. The molecule has 2 unspecified atom stereocenters. The minimum absolute atomic E-state index is 0.0793. The SMILES string of the molecule is NC1(c2ccn[nH]2)CC2CC2C1. The van der Waals surface area contributed by atoms with E-state index in [2.05, 4.69) is 10.2 Å². The van der Waals surface area contributed by atoms with Gasteiger partial charge in [0, 0.05) is 6.20 Å². The number of nitrogens with two attached hydrogens (primary N) is 1. The Balaban J connectivity index is 1.92. The van der Waals surface area contributed by atoms with Crippen LogP contribution in [0.5, 0.6) is 0 Å². The van der Waals surface area contributed by atoms with Crippen molar-refractivity contribution in [3.63, 3.8) is 0 Å². The summed E-state index contributed by atoms with van der Waals surface area (Å²) in [7, 11) is 0. The number of aromatic amines is 1. The van der Waals surface area contributed by atoms with Gasteiger partial charge in [0.2, 0.25) is 0 Å². The van der Waals surface area contributed by atoms with Gasteiger partial charge in [-0.15, -0.1) is 0 Å². The van der Waals surface area contributed by atoms with Crippen LogP contribution in [0, 0.1) is 11.8 Å². The molecule has 2 aliphatic rings. The Kier molecular flexibility index (Phi) is 1.06. The van der Waals surface area contributed by atoms with Gasteiger partial charge in [-0.05, 0) is 37.2 Å². The molecule has 0 aliphatic heterocycles. The van der Waals surface area contributed by atoms with Crippen molar-refractivity contribution in [1.82, 2.24) is 10.2 Å². The van der Waals surface area contributed by atoms with Crippen LogP contribution < -0.4 is 5.73 Å². The van der Waals surface area contributed by atoms with Gasteiger partial charge >= 0.3 is 0 Å². The fourth-order valence-electron chi connectivity index (χ4n) is 2.58. The van der Waals surface area contributed by atoms with Crippen molar-refractivity contribution >= 4 is 0 Å². The van der Waals surface area contributed by atoms with Crippen molar-refractivity contribution in [2.45, 2.75) is 24.8 Å². The average Bonchev–Trinajstić information content (AvgIpc) is 2.59. The molecule has 2 aliphatic carbocycles. The van der Waals surface area contributed by atoms with E-state index in [0.29, 0.717) is 0 Å². The zero-order valence-electron chi connectivity index (χ0n) is 6.96. The zero-order valence-corrected chi connectivity index (χ0v) is 6.96. The summed E-state index contributed by atoms with van der Waals surface area (Å²) in [6.45, 7) is 0. The molecule has 0 spiro atoms. The van der Waals surface area contributed by atoms with Crippen LogP contribution in [0.3, 0.4) is 0 Å². The topological polar surface area (TPSA) is 54.7 Å². The van der Waals surface area contributed by atoms with Crippen LogP contribution in [0.15, 0.2) is 12.3 Å². The minimum atomic E-state index is -0.0793. The lowest BCUT2D eigenvalue weighted by Gasteiger charge is -2.23. The first-order valence-corrected chi connectivity index (χ1v) is 4.57. The highest BCUT2D eigenvalue weighted by atomic mass is 15.1. The van der Waals surface area contributed by atoms with Crippen molar-refractivity contribution in [2.24, 2.45) is 17.6 Å². The van der Waals surface area contributed by atoms with Crippen molar-refractivity contribution in [3.8, 4) is 0 Å². The molecule has 1 aromatic rings. The summed E-state index contributed by atoms with van der Waals surface area (Å²) in [4.78, 5) is 0. The number of rotatable bonds is 1. The Hall–Kier alpha value is -0.830. The molecule has 12 heavy (non-hydrogen) atoms. The Labute approximate surface area is 71.3 Å². The van der Waals surface area contributed by atoms with E-state index in [1.807, 2.05) is 6.07 Å². The normalized spacial score (nSPS) is 44.4. The average molecular weight is 163 g/mol. The van der Waals surface area contributed by atoms with Crippen molar-refractivity contribution in [1.29, 1.82) is 0 Å². The standard InChI is InChI=1S/C9H13N3/c10-9(8-1-2-11-12-8)4-6-3-7(6)5-9/h1-2,6-7H,3-5,10H2,(H,11,12). The molecular weight excluding hydrogens is 150 g/mol. The van der Waals surface area contributed by atoms with E-state index in [-0.39, 0.29) is 5.54 Å². The van der Waals surface area contributed by atoms with Crippen LogP contribution >= 0.6 is 0 Å². The maximum Gasteiger partial charge on any atom is 0.0583 e. The van der Waals surface area contributed by atoms with Crippen LogP contribution in [0.4, 0.5) is 0 Å². The molecule has 0 bridgehead atoms. The molecule has 0 radical (unpaired) electrons. The van der Waals surface area contributed by atoms with Crippen molar-refractivity contribution < 1.29 is 0 Å².